The molecule has 0 aromatic heterocycles. The zero-order valence-corrected chi connectivity index (χ0v) is 12.3. The smallest absolute Gasteiger partial charge is 0.319 e. The van der Waals surface area contributed by atoms with E-state index in [1.54, 1.807) is 6.07 Å². The number of hydrogen-bond acceptors (Lipinski definition) is 2. The van der Waals surface area contributed by atoms with Gasteiger partial charge in [0.05, 0.1) is 12.1 Å². The minimum absolute atomic E-state index is 0.0766. The lowest BCUT2D eigenvalue weighted by Crippen LogP contribution is -2.50. The van der Waals surface area contributed by atoms with Crippen LogP contribution in [0.1, 0.15) is 26.7 Å². The van der Waals surface area contributed by atoms with Crippen LogP contribution in [-0.2, 0) is 0 Å². The van der Waals surface area contributed by atoms with Crippen LogP contribution in [0, 0.1) is 0 Å². The van der Waals surface area contributed by atoms with E-state index < -0.39 is 5.54 Å². The first-order valence-electron chi connectivity index (χ1n) is 5.94. The number of nitrogens with one attached hydrogen (secondary N) is 2. The third-order valence-corrected chi connectivity index (χ3v) is 3.14. The highest BCUT2D eigenvalue weighted by molar-refractivity contribution is 9.10. The summed E-state index contributed by atoms with van der Waals surface area (Å²) < 4.78 is 0.902. The maximum atomic E-state index is 11.8. The second-order valence-electron chi connectivity index (χ2n) is 4.56. The molecule has 3 N–H and O–H groups in total. The molecule has 1 unspecified atom stereocenters. The molecule has 1 aromatic rings. The Kier molecular flexibility index (Phi) is 5.62. The fourth-order valence-corrected chi connectivity index (χ4v) is 2.13. The summed E-state index contributed by atoms with van der Waals surface area (Å²) in [6, 6.07) is 7.04. The summed E-state index contributed by atoms with van der Waals surface area (Å²) >= 11 is 3.34. The number of urea groups is 1. The van der Waals surface area contributed by atoms with E-state index in [4.69, 9.17) is 0 Å². The van der Waals surface area contributed by atoms with Crippen LogP contribution in [-0.4, -0.2) is 23.3 Å². The predicted molar refractivity (Wildman–Crippen MR) is 76.7 cm³/mol. The van der Waals surface area contributed by atoms with Crippen molar-refractivity contribution >= 4 is 27.6 Å². The molecule has 100 valence electrons. The number of aliphatic hydroxyl groups excluding tert-OH is 1. The fraction of sp³-hybridized carbons (Fsp3) is 0.462. The van der Waals surface area contributed by atoms with Crippen molar-refractivity contribution in [3.8, 4) is 0 Å². The van der Waals surface area contributed by atoms with Gasteiger partial charge in [0.15, 0.2) is 0 Å². The van der Waals surface area contributed by atoms with Crippen molar-refractivity contribution in [1.29, 1.82) is 0 Å². The maximum Gasteiger partial charge on any atom is 0.319 e. The first-order valence-corrected chi connectivity index (χ1v) is 6.74. The lowest BCUT2D eigenvalue weighted by atomic mass is 9.98. The van der Waals surface area contributed by atoms with E-state index in [1.165, 1.54) is 0 Å². The van der Waals surface area contributed by atoms with Crippen LogP contribution in [0.25, 0.3) is 0 Å². The molecule has 4 nitrogen and oxygen atoms in total. The summed E-state index contributed by atoms with van der Waals surface area (Å²) in [4.78, 5) is 11.8. The van der Waals surface area contributed by atoms with Gasteiger partial charge in [0, 0.05) is 10.2 Å². The Morgan fingerprint density at radius 2 is 2.22 bits per heavy atom. The number of carbonyl (C=O) groups excluding carboxylic acids is 1. The first-order chi connectivity index (χ1) is 8.49. The van der Waals surface area contributed by atoms with Gasteiger partial charge >= 0.3 is 6.03 Å². The van der Waals surface area contributed by atoms with Crippen molar-refractivity contribution in [2.24, 2.45) is 0 Å². The van der Waals surface area contributed by atoms with E-state index >= 15 is 0 Å². The number of hydrogen-bond donors (Lipinski definition) is 3. The molecule has 0 fully saturated rings. The van der Waals surface area contributed by atoms with Crippen molar-refractivity contribution < 1.29 is 9.90 Å². The zero-order valence-electron chi connectivity index (χ0n) is 10.7. The molecule has 5 heteroatoms. The molecule has 0 saturated heterocycles. The third-order valence-electron chi connectivity index (χ3n) is 2.65. The minimum atomic E-state index is -0.579. The lowest BCUT2D eigenvalue weighted by molar-refractivity contribution is 0.167. The Hall–Kier alpha value is -1.07. The van der Waals surface area contributed by atoms with Gasteiger partial charge in [0.25, 0.3) is 0 Å². The maximum absolute atomic E-state index is 11.8. The van der Waals surface area contributed by atoms with E-state index in [9.17, 15) is 9.90 Å². The van der Waals surface area contributed by atoms with Gasteiger partial charge in [0.2, 0.25) is 0 Å². The predicted octanol–water partition coefficient (Wildman–Crippen LogP) is 3.12. The SMILES string of the molecule is CCCC(C)(CO)NC(=O)Nc1cccc(Br)c1. The Morgan fingerprint density at radius 1 is 1.50 bits per heavy atom. The van der Waals surface area contributed by atoms with Gasteiger partial charge in [-0.3, -0.25) is 0 Å². The van der Waals surface area contributed by atoms with Crippen LogP contribution < -0.4 is 10.6 Å². The molecule has 1 rings (SSSR count). The second kappa shape index (κ2) is 6.75. The molecule has 0 aliphatic rings. The highest BCUT2D eigenvalue weighted by atomic mass is 79.9. The fourth-order valence-electron chi connectivity index (χ4n) is 1.74. The Labute approximate surface area is 116 Å². The molecule has 0 aliphatic carbocycles. The molecule has 18 heavy (non-hydrogen) atoms. The van der Waals surface area contributed by atoms with E-state index in [-0.39, 0.29) is 12.6 Å². The van der Waals surface area contributed by atoms with Gasteiger partial charge in [-0.25, -0.2) is 4.79 Å². The van der Waals surface area contributed by atoms with E-state index in [0.29, 0.717) is 5.69 Å². The molecular weight excluding hydrogens is 296 g/mol. The summed E-state index contributed by atoms with van der Waals surface area (Å²) in [5.41, 5.74) is 0.129. The van der Waals surface area contributed by atoms with Gasteiger partial charge in [0.1, 0.15) is 0 Å². The van der Waals surface area contributed by atoms with Gasteiger partial charge < -0.3 is 15.7 Å². The van der Waals surface area contributed by atoms with Crippen molar-refractivity contribution in [2.45, 2.75) is 32.2 Å². The average Bonchev–Trinajstić information content (AvgIpc) is 2.29. The zero-order chi connectivity index (χ0) is 13.6. The second-order valence-corrected chi connectivity index (χ2v) is 5.47. The van der Waals surface area contributed by atoms with Gasteiger partial charge in [-0.1, -0.05) is 35.3 Å². The van der Waals surface area contributed by atoms with E-state index in [1.807, 2.05) is 32.0 Å². The summed E-state index contributed by atoms with van der Waals surface area (Å²) in [6.07, 6.45) is 1.63. The monoisotopic (exact) mass is 314 g/mol. The van der Waals surface area contributed by atoms with E-state index in [2.05, 4.69) is 26.6 Å². The van der Waals surface area contributed by atoms with Crippen molar-refractivity contribution in [2.75, 3.05) is 11.9 Å². The standard InChI is InChI=1S/C13H19BrN2O2/c1-3-7-13(2,9-17)16-12(18)15-11-6-4-5-10(14)8-11/h4-6,8,17H,3,7,9H2,1-2H3,(H2,15,16,18). The first kappa shape index (κ1) is 15.0. The highest BCUT2D eigenvalue weighted by Crippen LogP contribution is 2.16. The molecular formula is C13H19BrN2O2. The molecule has 0 bridgehead atoms. The summed E-state index contributed by atoms with van der Waals surface area (Å²) in [5.74, 6) is 0. The summed E-state index contributed by atoms with van der Waals surface area (Å²) in [5, 5.41) is 14.9. The highest BCUT2D eigenvalue weighted by Gasteiger charge is 2.24. The van der Waals surface area contributed by atoms with Crippen LogP contribution in [0.15, 0.2) is 28.7 Å². The van der Waals surface area contributed by atoms with Gasteiger partial charge in [-0.2, -0.15) is 0 Å². The molecule has 0 saturated carbocycles. The molecule has 0 radical (unpaired) electrons. The molecule has 0 spiro atoms. The van der Waals surface area contributed by atoms with Crippen LogP contribution in [0.4, 0.5) is 10.5 Å². The van der Waals surface area contributed by atoms with Gasteiger partial charge in [-0.15, -0.1) is 0 Å². The average molecular weight is 315 g/mol. The van der Waals surface area contributed by atoms with E-state index in [0.717, 1.165) is 17.3 Å². The Morgan fingerprint density at radius 3 is 2.78 bits per heavy atom. The van der Waals surface area contributed by atoms with Crippen molar-refractivity contribution in [3.63, 3.8) is 0 Å². The van der Waals surface area contributed by atoms with Crippen LogP contribution in [0.3, 0.4) is 0 Å². The number of rotatable bonds is 5. The quantitative estimate of drug-likeness (QED) is 0.782. The molecule has 0 heterocycles. The van der Waals surface area contributed by atoms with Crippen LogP contribution in [0.2, 0.25) is 0 Å². The normalized spacial score (nSPS) is 13.8. The van der Waals surface area contributed by atoms with Gasteiger partial charge in [-0.05, 0) is 31.5 Å². The number of benzene rings is 1. The number of halogens is 1. The molecule has 0 aliphatic heterocycles. The summed E-state index contributed by atoms with van der Waals surface area (Å²) in [6.45, 7) is 3.77. The molecule has 1 aromatic carbocycles. The largest absolute Gasteiger partial charge is 0.394 e. The lowest BCUT2D eigenvalue weighted by Gasteiger charge is -2.28. The topological polar surface area (TPSA) is 61.4 Å². The Balaban J connectivity index is 2.61. The minimum Gasteiger partial charge on any atom is -0.394 e. The van der Waals surface area contributed by atoms with Crippen molar-refractivity contribution in [1.82, 2.24) is 5.32 Å². The number of carbonyl (C=O) groups is 1. The molecule has 1 atom stereocenters. The Bertz CT molecular complexity index is 412. The number of aliphatic hydroxyl groups is 1. The summed E-state index contributed by atoms with van der Waals surface area (Å²) in [7, 11) is 0. The third kappa shape index (κ3) is 4.66. The number of anilines is 1. The van der Waals surface area contributed by atoms with Crippen molar-refractivity contribution in [3.05, 3.63) is 28.7 Å². The van der Waals surface area contributed by atoms with Crippen LogP contribution in [0.5, 0.6) is 0 Å². The van der Waals surface area contributed by atoms with Crippen LogP contribution >= 0.6 is 15.9 Å². The molecule has 2 amide bonds. The number of amides is 2.